The van der Waals surface area contributed by atoms with Gasteiger partial charge in [-0.25, -0.2) is 0 Å². The topological polar surface area (TPSA) is 154 Å². The predicted molar refractivity (Wildman–Crippen MR) is 205 cm³/mol. The molecule has 4 aliphatic rings. The van der Waals surface area contributed by atoms with Crippen molar-refractivity contribution < 1.29 is 48.4 Å². The molecule has 2 aliphatic carbocycles. The van der Waals surface area contributed by atoms with Crippen molar-refractivity contribution in [2.45, 2.75) is 169 Å². The lowest BCUT2D eigenvalue weighted by Gasteiger charge is -2.52. The molecule has 304 valence electrons. The summed E-state index contributed by atoms with van der Waals surface area (Å²) < 4.78 is 18.1. The summed E-state index contributed by atoms with van der Waals surface area (Å²) in [6.07, 6.45) is 3.16. The number of methoxy groups -OCH3 is 1. The standard InChI is InChI=1S/C44H68O10/c1-24(2)31-21-34(46)27(5)14-12-13-25(3)20-35(47)40-29(7)28(6)32-22-39(53-30(8)45)43(10,51)38-17-18-42(9,50)37(54-38)16-15-26(4)19-33(32)44(40,23-36(31)48)41(49)52-11/h19,24-25,27,29,31,33,37-40,50-51H,12-18,20-23H2,1-11H3/b26-19+/t25-,27+,29+,31-,33-,37-,38+,39-,40+,42+,43+,44-/m0/s1. The first kappa shape index (κ1) is 44.0. The number of fused-ring (bicyclic) bond motifs is 5. The second-order valence-electron chi connectivity index (χ2n) is 18.3. The molecule has 10 heteroatoms. The second-order valence-corrected chi connectivity index (χ2v) is 18.3. The summed E-state index contributed by atoms with van der Waals surface area (Å²) in [5.41, 5.74) is -2.16. The second kappa shape index (κ2) is 17.2. The van der Waals surface area contributed by atoms with E-state index in [1.807, 2.05) is 54.5 Å². The van der Waals surface area contributed by atoms with E-state index in [0.29, 0.717) is 37.7 Å². The molecule has 2 aliphatic heterocycles. The van der Waals surface area contributed by atoms with Gasteiger partial charge in [-0.15, -0.1) is 0 Å². The molecule has 0 amide bonds. The van der Waals surface area contributed by atoms with Gasteiger partial charge in [-0.2, -0.15) is 0 Å². The molecule has 0 unspecified atom stereocenters. The number of rotatable bonds is 3. The molecule has 0 aromatic carbocycles. The van der Waals surface area contributed by atoms with E-state index in [-0.39, 0.29) is 60.8 Å². The molecule has 10 nitrogen and oxygen atoms in total. The molecule has 54 heavy (non-hydrogen) atoms. The summed E-state index contributed by atoms with van der Waals surface area (Å²) in [7, 11) is 1.29. The molecule has 12 atom stereocenters. The molecule has 1 saturated carbocycles. The number of allylic oxidation sites excluding steroid dienone is 3. The fourth-order valence-electron chi connectivity index (χ4n) is 10.1. The Balaban J connectivity index is 2.06. The highest BCUT2D eigenvalue weighted by molar-refractivity contribution is 5.97. The number of aliphatic hydroxyl groups is 2. The minimum absolute atomic E-state index is 0.00593. The first-order chi connectivity index (χ1) is 25.1. The first-order valence-electron chi connectivity index (χ1n) is 20.4. The van der Waals surface area contributed by atoms with Crippen LogP contribution in [0.25, 0.3) is 0 Å². The Morgan fingerprint density at radius 2 is 1.57 bits per heavy atom. The van der Waals surface area contributed by atoms with E-state index in [9.17, 15) is 34.2 Å². The van der Waals surface area contributed by atoms with Crippen LogP contribution in [0.2, 0.25) is 0 Å². The van der Waals surface area contributed by atoms with E-state index in [4.69, 9.17) is 14.2 Å². The Hall–Kier alpha value is -2.69. The molecule has 2 heterocycles. The van der Waals surface area contributed by atoms with Crippen LogP contribution >= 0.6 is 0 Å². The summed E-state index contributed by atoms with van der Waals surface area (Å²) >= 11 is 0. The van der Waals surface area contributed by atoms with Crippen LogP contribution in [-0.4, -0.2) is 76.1 Å². The zero-order valence-electron chi connectivity index (χ0n) is 34.8. The SMILES string of the molecule is COC(=O)[C@]12CC(=O)[C@H](C(C)C)CC(=O)[C@H](C)CCC[C@H](C)CC(=O)[C@H]1[C@H](C)C(C)=C1C[C@H](OC(C)=O)[C@](C)(O)[C@H]3CC[C@@](C)(O)[C@H](CC/C(C)=C/[C@@H]12)O3. The summed E-state index contributed by atoms with van der Waals surface area (Å²) in [5, 5.41) is 23.8. The highest BCUT2D eigenvalue weighted by atomic mass is 16.6. The van der Waals surface area contributed by atoms with Crippen LogP contribution < -0.4 is 0 Å². The normalized spacial score (nSPS) is 41.6. The summed E-state index contributed by atoms with van der Waals surface area (Å²) in [6, 6.07) is 0. The van der Waals surface area contributed by atoms with Crippen LogP contribution in [0.3, 0.4) is 0 Å². The Bertz CT molecular complexity index is 1500. The number of hydrogen-bond donors (Lipinski definition) is 2. The van der Waals surface area contributed by atoms with E-state index in [2.05, 4.69) is 0 Å². The van der Waals surface area contributed by atoms with Gasteiger partial charge in [-0.1, -0.05) is 70.3 Å². The van der Waals surface area contributed by atoms with Crippen molar-refractivity contribution in [3.8, 4) is 0 Å². The molecule has 2 bridgehead atoms. The molecule has 2 N–H and O–H groups in total. The number of hydrogen-bond acceptors (Lipinski definition) is 10. The van der Waals surface area contributed by atoms with Crippen LogP contribution in [0.1, 0.15) is 140 Å². The van der Waals surface area contributed by atoms with E-state index < -0.39 is 70.5 Å². The molecular formula is C44H68O10. The third-order valence-corrected chi connectivity index (χ3v) is 13.8. The highest BCUT2D eigenvalue weighted by Crippen LogP contribution is 2.58. The predicted octanol–water partition coefficient (Wildman–Crippen LogP) is 7.06. The number of Topliss-reactive ketones (excluding diaryl/α,β-unsaturated/α-hetero) is 3. The monoisotopic (exact) mass is 756 g/mol. The Morgan fingerprint density at radius 1 is 0.907 bits per heavy atom. The average molecular weight is 757 g/mol. The molecule has 0 radical (unpaired) electrons. The van der Waals surface area contributed by atoms with Crippen LogP contribution in [0.5, 0.6) is 0 Å². The van der Waals surface area contributed by atoms with Gasteiger partial charge in [0.15, 0.2) is 0 Å². The van der Waals surface area contributed by atoms with Crippen LogP contribution in [-0.2, 0) is 38.2 Å². The van der Waals surface area contributed by atoms with Crippen molar-refractivity contribution in [3.63, 3.8) is 0 Å². The van der Waals surface area contributed by atoms with Gasteiger partial charge in [0.1, 0.15) is 29.1 Å². The molecule has 4 rings (SSSR count). The molecule has 2 fully saturated rings. The summed E-state index contributed by atoms with van der Waals surface area (Å²) in [5.74, 6) is -5.02. The Morgan fingerprint density at radius 3 is 2.19 bits per heavy atom. The number of carbonyl (C=O) groups excluding carboxylic acids is 5. The van der Waals surface area contributed by atoms with Gasteiger partial charge in [0.25, 0.3) is 0 Å². The molecule has 0 aromatic rings. The lowest BCUT2D eigenvalue weighted by atomic mass is 9.50. The number of ether oxygens (including phenoxy) is 3. The lowest BCUT2D eigenvalue weighted by Crippen LogP contribution is -2.60. The van der Waals surface area contributed by atoms with Gasteiger partial charge in [-0.05, 0) is 77.6 Å². The van der Waals surface area contributed by atoms with Gasteiger partial charge >= 0.3 is 11.9 Å². The van der Waals surface area contributed by atoms with E-state index in [1.165, 1.54) is 14.0 Å². The van der Waals surface area contributed by atoms with Gasteiger partial charge in [0.2, 0.25) is 0 Å². The maximum Gasteiger partial charge on any atom is 0.313 e. The minimum atomic E-state index is -1.71. The van der Waals surface area contributed by atoms with Crippen molar-refractivity contribution in [1.29, 1.82) is 0 Å². The van der Waals surface area contributed by atoms with Crippen molar-refractivity contribution in [1.82, 2.24) is 0 Å². The lowest BCUT2D eigenvalue weighted by molar-refractivity contribution is -0.239. The number of esters is 2. The molecule has 1 saturated heterocycles. The zero-order chi connectivity index (χ0) is 40.5. The van der Waals surface area contributed by atoms with Crippen molar-refractivity contribution in [2.24, 2.45) is 46.8 Å². The highest BCUT2D eigenvalue weighted by Gasteiger charge is 2.62. The summed E-state index contributed by atoms with van der Waals surface area (Å²) in [4.78, 5) is 71.1. The minimum Gasteiger partial charge on any atom is -0.469 e. The van der Waals surface area contributed by atoms with Crippen molar-refractivity contribution in [2.75, 3.05) is 7.11 Å². The maximum absolute atomic E-state index is 14.9. The van der Waals surface area contributed by atoms with Crippen LogP contribution in [0.15, 0.2) is 22.8 Å². The van der Waals surface area contributed by atoms with Crippen LogP contribution in [0.4, 0.5) is 0 Å². The molecule has 0 aromatic heterocycles. The summed E-state index contributed by atoms with van der Waals surface area (Å²) in [6.45, 7) is 18.2. The van der Waals surface area contributed by atoms with E-state index >= 15 is 0 Å². The quantitative estimate of drug-likeness (QED) is 0.226. The maximum atomic E-state index is 14.9. The third-order valence-electron chi connectivity index (χ3n) is 13.8. The van der Waals surface area contributed by atoms with Crippen molar-refractivity contribution in [3.05, 3.63) is 22.8 Å². The van der Waals surface area contributed by atoms with Gasteiger partial charge in [0, 0.05) is 56.3 Å². The number of carbonyl (C=O) groups is 5. The zero-order valence-corrected chi connectivity index (χ0v) is 34.8. The third kappa shape index (κ3) is 8.96. The van der Waals surface area contributed by atoms with Gasteiger partial charge < -0.3 is 24.4 Å². The number of ketones is 3. The van der Waals surface area contributed by atoms with E-state index in [1.54, 1.807) is 13.8 Å². The van der Waals surface area contributed by atoms with Crippen molar-refractivity contribution >= 4 is 29.3 Å². The van der Waals surface area contributed by atoms with Gasteiger partial charge in [0.05, 0.1) is 30.3 Å². The molecule has 0 spiro atoms. The Kier molecular flexibility index (Phi) is 14.0. The smallest absolute Gasteiger partial charge is 0.313 e. The van der Waals surface area contributed by atoms with E-state index in [0.717, 1.165) is 24.0 Å². The fraction of sp³-hybridized carbons (Fsp3) is 0.795. The Labute approximate surface area is 323 Å². The molecular weight excluding hydrogens is 688 g/mol. The largest absolute Gasteiger partial charge is 0.469 e. The van der Waals surface area contributed by atoms with Gasteiger partial charge in [-0.3, -0.25) is 24.0 Å². The van der Waals surface area contributed by atoms with Crippen LogP contribution in [0, 0.1) is 46.8 Å². The first-order valence-corrected chi connectivity index (χ1v) is 20.4. The fourth-order valence-corrected chi connectivity index (χ4v) is 10.1. The average Bonchev–Trinajstić information content (AvgIpc) is 3.07.